The van der Waals surface area contributed by atoms with Crippen LogP contribution in [0.4, 0.5) is 0 Å². The number of carbonyl (C=O) groups is 1. The molecule has 1 heterocycles. The molecule has 48 valence electrons. The Morgan fingerprint density at radius 1 is 1.89 bits per heavy atom. The predicted octanol–water partition coefficient (Wildman–Crippen LogP) is 0.240. The molecular weight excluding hydrogens is 114 g/mol. The van der Waals surface area contributed by atoms with E-state index in [1.54, 1.807) is 11.9 Å². The van der Waals surface area contributed by atoms with Crippen molar-refractivity contribution in [3.63, 3.8) is 0 Å². The zero-order chi connectivity index (χ0) is 6.85. The van der Waals surface area contributed by atoms with Crippen LogP contribution in [0.25, 0.3) is 0 Å². The van der Waals surface area contributed by atoms with Crippen LogP contribution < -0.4 is 0 Å². The van der Waals surface area contributed by atoms with Gasteiger partial charge >= 0.3 is 0 Å². The van der Waals surface area contributed by atoms with Crippen molar-refractivity contribution in [3.05, 3.63) is 0 Å². The number of carbonyl (C=O) groups excluding carboxylic acids is 1. The third-order valence-electron chi connectivity index (χ3n) is 1.68. The molecule has 0 aromatic heterocycles. The van der Waals surface area contributed by atoms with E-state index in [1.807, 2.05) is 0 Å². The molecule has 1 aliphatic rings. The van der Waals surface area contributed by atoms with Gasteiger partial charge in [-0.15, -0.1) is 6.42 Å². The minimum atomic E-state index is 0.0532. The number of rotatable bonds is 0. The Bertz CT molecular complexity index is 168. The van der Waals surface area contributed by atoms with E-state index in [0.29, 0.717) is 6.42 Å². The van der Waals surface area contributed by atoms with E-state index in [-0.39, 0.29) is 11.9 Å². The highest BCUT2D eigenvalue weighted by molar-refractivity contribution is 5.79. The summed E-state index contributed by atoms with van der Waals surface area (Å²) >= 11 is 0. The molecule has 2 heteroatoms. The molecular formula is C7H9NO. The van der Waals surface area contributed by atoms with E-state index >= 15 is 0 Å². The SMILES string of the molecule is C#CC1CCC(=O)N1C. The molecule has 0 N–H and O–H groups in total. The molecule has 0 spiro atoms. The second-order valence-corrected chi connectivity index (χ2v) is 2.23. The summed E-state index contributed by atoms with van der Waals surface area (Å²) in [5.41, 5.74) is 0. The topological polar surface area (TPSA) is 20.3 Å². The Labute approximate surface area is 54.8 Å². The predicted molar refractivity (Wildman–Crippen MR) is 34.6 cm³/mol. The maximum atomic E-state index is 10.8. The maximum absolute atomic E-state index is 10.8. The molecule has 1 fully saturated rings. The molecule has 0 aromatic rings. The monoisotopic (exact) mass is 123 g/mol. The van der Waals surface area contributed by atoms with Gasteiger partial charge in [-0.2, -0.15) is 0 Å². The van der Waals surface area contributed by atoms with Gasteiger partial charge in [-0.3, -0.25) is 4.79 Å². The molecule has 1 atom stereocenters. The van der Waals surface area contributed by atoms with Crippen LogP contribution in [0.1, 0.15) is 12.8 Å². The zero-order valence-electron chi connectivity index (χ0n) is 5.42. The summed E-state index contributed by atoms with van der Waals surface area (Å²) in [6.07, 6.45) is 6.58. The second kappa shape index (κ2) is 2.10. The highest BCUT2D eigenvalue weighted by Crippen LogP contribution is 2.14. The molecule has 0 aliphatic carbocycles. The largest absolute Gasteiger partial charge is 0.332 e. The van der Waals surface area contributed by atoms with E-state index in [1.165, 1.54) is 0 Å². The standard InChI is InChI=1S/C7H9NO/c1-3-6-4-5-7(9)8(6)2/h1,6H,4-5H2,2H3. The Kier molecular flexibility index (Phi) is 1.44. The van der Waals surface area contributed by atoms with E-state index in [4.69, 9.17) is 6.42 Å². The van der Waals surface area contributed by atoms with Gasteiger partial charge in [0.05, 0.1) is 6.04 Å². The van der Waals surface area contributed by atoms with Crippen LogP contribution in [-0.2, 0) is 4.79 Å². The lowest BCUT2D eigenvalue weighted by Crippen LogP contribution is -2.26. The van der Waals surface area contributed by atoms with Gasteiger partial charge in [-0.05, 0) is 6.42 Å². The number of hydrogen-bond acceptors (Lipinski definition) is 1. The van der Waals surface area contributed by atoms with E-state index in [0.717, 1.165) is 6.42 Å². The van der Waals surface area contributed by atoms with Crippen LogP contribution >= 0.6 is 0 Å². The van der Waals surface area contributed by atoms with Crippen LogP contribution in [0, 0.1) is 12.3 Å². The van der Waals surface area contributed by atoms with Gasteiger partial charge < -0.3 is 4.90 Å². The minimum Gasteiger partial charge on any atom is -0.332 e. The van der Waals surface area contributed by atoms with Crippen molar-refractivity contribution in [1.82, 2.24) is 4.90 Å². The lowest BCUT2D eigenvalue weighted by Gasteiger charge is -2.12. The van der Waals surface area contributed by atoms with Crippen molar-refractivity contribution in [2.75, 3.05) is 7.05 Å². The molecule has 0 saturated carbocycles. The van der Waals surface area contributed by atoms with Gasteiger partial charge in [0.1, 0.15) is 0 Å². The Morgan fingerprint density at radius 2 is 2.56 bits per heavy atom. The van der Waals surface area contributed by atoms with Crippen molar-refractivity contribution in [2.45, 2.75) is 18.9 Å². The fraction of sp³-hybridized carbons (Fsp3) is 0.571. The summed E-state index contributed by atoms with van der Waals surface area (Å²) < 4.78 is 0. The first-order valence-electron chi connectivity index (χ1n) is 2.97. The van der Waals surface area contributed by atoms with Gasteiger partial charge in [-0.25, -0.2) is 0 Å². The second-order valence-electron chi connectivity index (χ2n) is 2.23. The number of hydrogen-bond donors (Lipinski definition) is 0. The maximum Gasteiger partial charge on any atom is 0.223 e. The van der Waals surface area contributed by atoms with Gasteiger partial charge in [0, 0.05) is 13.5 Å². The summed E-state index contributed by atoms with van der Waals surface area (Å²) in [6.45, 7) is 0. The number of likely N-dealkylation sites (tertiary alicyclic amines) is 1. The molecule has 1 rings (SSSR count). The number of amides is 1. The third-order valence-corrected chi connectivity index (χ3v) is 1.68. The van der Waals surface area contributed by atoms with Crippen LogP contribution in [0.3, 0.4) is 0 Å². The molecule has 0 aromatic carbocycles. The smallest absolute Gasteiger partial charge is 0.223 e. The average molecular weight is 123 g/mol. The minimum absolute atomic E-state index is 0.0532. The summed E-state index contributed by atoms with van der Waals surface area (Å²) in [6, 6.07) is 0.0532. The van der Waals surface area contributed by atoms with E-state index < -0.39 is 0 Å². The van der Waals surface area contributed by atoms with Crippen molar-refractivity contribution in [3.8, 4) is 12.3 Å². The molecule has 1 saturated heterocycles. The Balaban J connectivity index is 2.64. The first kappa shape index (κ1) is 6.15. The first-order valence-corrected chi connectivity index (χ1v) is 2.97. The fourth-order valence-electron chi connectivity index (χ4n) is 0.999. The van der Waals surface area contributed by atoms with Gasteiger partial charge in [0.15, 0.2) is 0 Å². The van der Waals surface area contributed by atoms with Crippen molar-refractivity contribution in [2.24, 2.45) is 0 Å². The summed E-state index contributed by atoms with van der Waals surface area (Å²) in [5, 5.41) is 0. The fourth-order valence-corrected chi connectivity index (χ4v) is 0.999. The van der Waals surface area contributed by atoms with Crippen LogP contribution in [0.15, 0.2) is 0 Å². The van der Waals surface area contributed by atoms with Crippen molar-refractivity contribution >= 4 is 5.91 Å². The lowest BCUT2D eigenvalue weighted by atomic mass is 10.2. The Hall–Kier alpha value is -0.970. The normalized spacial score (nSPS) is 26.4. The van der Waals surface area contributed by atoms with Gasteiger partial charge in [0.2, 0.25) is 5.91 Å². The molecule has 0 bridgehead atoms. The summed E-state index contributed by atoms with van der Waals surface area (Å²) in [5.74, 6) is 2.71. The highest BCUT2D eigenvalue weighted by atomic mass is 16.2. The van der Waals surface area contributed by atoms with Gasteiger partial charge in [-0.1, -0.05) is 5.92 Å². The third kappa shape index (κ3) is 0.904. The lowest BCUT2D eigenvalue weighted by molar-refractivity contribution is -0.127. The summed E-state index contributed by atoms with van der Waals surface area (Å²) in [7, 11) is 1.75. The number of terminal acetylenes is 1. The quantitative estimate of drug-likeness (QED) is 0.422. The molecule has 2 nitrogen and oxygen atoms in total. The molecule has 0 radical (unpaired) electrons. The molecule has 1 unspecified atom stereocenters. The molecule has 1 amide bonds. The van der Waals surface area contributed by atoms with Crippen LogP contribution in [-0.4, -0.2) is 23.9 Å². The first-order chi connectivity index (χ1) is 4.25. The average Bonchev–Trinajstić information content (AvgIpc) is 2.15. The molecule has 1 aliphatic heterocycles. The van der Waals surface area contributed by atoms with Crippen molar-refractivity contribution in [1.29, 1.82) is 0 Å². The van der Waals surface area contributed by atoms with Crippen LogP contribution in [0.2, 0.25) is 0 Å². The van der Waals surface area contributed by atoms with Crippen molar-refractivity contribution < 1.29 is 4.79 Å². The zero-order valence-corrected chi connectivity index (χ0v) is 5.42. The van der Waals surface area contributed by atoms with E-state index in [9.17, 15) is 4.79 Å². The van der Waals surface area contributed by atoms with Gasteiger partial charge in [0.25, 0.3) is 0 Å². The molecule has 9 heavy (non-hydrogen) atoms. The summed E-state index contributed by atoms with van der Waals surface area (Å²) in [4.78, 5) is 12.4. The number of nitrogens with zero attached hydrogens (tertiary/aromatic N) is 1. The van der Waals surface area contributed by atoms with E-state index in [2.05, 4.69) is 5.92 Å². The highest BCUT2D eigenvalue weighted by Gasteiger charge is 2.25. The van der Waals surface area contributed by atoms with Crippen LogP contribution in [0.5, 0.6) is 0 Å². The Morgan fingerprint density at radius 3 is 2.78 bits per heavy atom.